The highest BCUT2D eigenvalue weighted by Crippen LogP contribution is 2.61. The maximum Gasteiger partial charge on any atom is 0.229 e. The molecule has 0 saturated carbocycles. The van der Waals surface area contributed by atoms with Gasteiger partial charge in [0, 0.05) is 11.3 Å². The molecule has 4 nitrogen and oxygen atoms in total. The van der Waals surface area contributed by atoms with Gasteiger partial charge in [-0.25, -0.2) is 0 Å². The van der Waals surface area contributed by atoms with Crippen molar-refractivity contribution in [2.45, 2.75) is 45.7 Å². The summed E-state index contributed by atoms with van der Waals surface area (Å²) in [6.07, 6.45) is 2.07. The highest BCUT2D eigenvalue weighted by Gasteiger charge is 2.44. The van der Waals surface area contributed by atoms with Crippen molar-refractivity contribution < 1.29 is 18.8 Å². The zero-order valence-corrected chi connectivity index (χ0v) is 15.3. The van der Waals surface area contributed by atoms with E-state index < -0.39 is 12.3 Å². The molecular weight excluding hydrogens is 299 g/mol. The first-order chi connectivity index (χ1) is 10.2. The van der Waals surface area contributed by atoms with Gasteiger partial charge in [-0.3, -0.25) is 4.79 Å². The Morgan fingerprint density at radius 3 is 2.00 bits per heavy atom. The van der Waals surface area contributed by atoms with E-state index in [2.05, 4.69) is 0 Å². The summed E-state index contributed by atoms with van der Waals surface area (Å²) in [6.45, 7) is 7.62. The van der Waals surface area contributed by atoms with Crippen molar-refractivity contribution in [1.82, 2.24) is 0 Å². The van der Waals surface area contributed by atoms with Gasteiger partial charge in [0.2, 0.25) is 5.52 Å². The molecule has 0 radical (unpaired) electrons. The van der Waals surface area contributed by atoms with Crippen LogP contribution in [-0.4, -0.2) is 31.1 Å². The third kappa shape index (κ3) is 3.55. The van der Waals surface area contributed by atoms with E-state index in [9.17, 15) is 9.36 Å². The monoisotopic (exact) mass is 326 g/mol. The third-order valence-corrected chi connectivity index (χ3v) is 7.87. The molecule has 1 aromatic carbocycles. The maximum atomic E-state index is 13.6. The zero-order valence-electron chi connectivity index (χ0n) is 14.4. The van der Waals surface area contributed by atoms with Crippen molar-refractivity contribution in [3.63, 3.8) is 0 Å². The van der Waals surface area contributed by atoms with Crippen molar-refractivity contribution in [3.8, 4) is 11.5 Å². The van der Waals surface area contributed by atoms with E-state index in [1.807, 2.05) is 27.7 Å². The van der Waals surface area contributed by atoms with Crippen molar-refractivity contribution in [2.24, 2.45) is 0 Å². The van der Waals surface area contributed by atoms with Crippen molar-refractivity contribution in [1.29, 1.82) is 0 Å². The summed E-state index contributed by atoms with van der Waals surface area (Å²) in [5.41, 5.74) is -0.0513. The second-order valence-electron chi connectivity index (χ2n) is 6.33. The van der Waals surface area contributed by atoms with Crippen molar-refractivity contribution in [3.05, 3.63) is 23.8 Å². The van der Waals surface area contributed by atoms with Crippen LogP contribution in [-0.2, 0) is 4.57 Å². The largest absolute Gasteiger partial charge is 0.496 e. The predicted octanol–water partition coefficient (Wildman–Crippen LogP) is 4.81. The summed E-state index contributed by atoms with van der Waals surface area (Å²) >= 11 is 0. The van der Waals surface area contributed by atoms with Crippen LogP contribution < -0.4 is 9.47 Å². The summed E-state index contributed by atoms with van der Waals surface area (Å²) in [6, 6.07) is 5.15. The second kappa shape index (κ2) is 7.32. The standard InChI is InChI=1S/C17H27O4P/c1-7-8-12-22(19,17(2,3)4)16(18)15-13(20-5)10-9-11-14(15)21-6/h9-11H,7-8,12H2,1-6H3. The van der Waals surface area contributed by atoms with E-state index in [4.69, 9.17) is 9.47 Å². The Bertz CT molecular complexity index is 550. The Kier molecular flexibility index (Phi) is 6.25. The number of hydrogen-bond donors (Lipinski definition) is 0. The average molecular weight is 326 g/mol. The lowest BCUT2D eigenvalue weighted by molar-refractivity contribution is 0.106. The molecule has 0 N–H and O–H groups in total. The predicted molar refractivity (Wildman–Crippen MR) is 91.0 cm³/mol. The first-order valence-electron chi connectivity index (χ1n) is 7.58. The molecule has 0 aliphatic rings. The van der Waals surface area contributed by atoms with Gasteiger partial charge >= 0.3 is 0 Å². The lowest BCUT2D eigenvalue weighted by Gasteiger charge is -2.30. The molecule has 124 valence electrons. The summed E-state index contributed by atoms with van der Waals surface area (Å²) < 4.78 is 24.2. The quantitative estimate of drug-likeness (QED) is 0.675. The van der Waals surface area contributed by atoms with Crippen LogP contribution in [0, 0.1) is 0 Å². The molecule has 1 atom stereocenters. The molecule has 0 fully saturated rings. The number of carbonyl (C=O) groups excluding carboxylic acids is 1. The zero-order chi connectivity index (χ0) is 17.0. The van der Waals surface area contributed by atoms with Crippen LogP contribution in [0.15, 0.2) is 18.2 Å². The Hall–Kier alpha value is -1.28. The number of benzene rings is 1. The molecule has 1 rings (SSSR count). The Balaban J connectivity index is 3.47. The van der Waals surface area contributed by atoms with Gasteiger partial charge in [-0.15, -0.1) is 0 Å². The molecule has 0 aromatic heterocycles. The summed E-state index contributed by atoms with van der Waals surface area (Å²) in [4.78, 5) is 13.2. The van der Waals surface area contributed by atoms with Crippen LogP contribution in [0.5, 0.6) is 11.5 Å². The molecule has 1 unspecified atom stereocenters. The first-order valence-corrected chi connectivity index (χ1v) is 9.47. The fourth-order valence-corrected chi connectivity index (χ4v) is 5.19. The van der Waals surface area contributed by atoms with Gasteiger partial charge < -0.3 is 14.0 Å². The number of unbranched alkanes of at least 4 members (excludes halogenated alkanes) is 1. The topological polar surface area (TPSA) is 52.6 Å². The van der Waals surface area contributed by atoms with E-state index >= 15 is 0 Å². The van der Waals surface area contributed by atoms with Gasteiger partial charge in [0.1, 0.15) is 17.1 Å². The minimum absolute atomic E-state index is 0.293. The Labute approximate surface area is 133 Å². The molecule has 0 amide bonds. The molecule has 0 aliphatic carbocycles. The van der Waals surface area contributed by atoms with Crippen LogP contribution >= 0.6 is 7.14 Å². The lowest BCUT2D eigenvalue weighted by atomic mass is 10.2. The van der Waals surface area contributed by atoms with Gasteiger partial charge in [0.05, 0.1) is 14.2 Å². The highest BCUT2D eigenvalue weighted by atomic mass is 31.2. The van der Waals surface area contributed by atoms with Crippen LogP contribution in [0.4, 0.5) is 0 Å². The van der Waals surface area contributed by atoms with E-state index in [0.717, 1.165) is 12.8 Å². The summed E-state index contributed by atoms with van der Waals surface area (Å²) in [7, 11) is -0.113. The van der Waals surface area contributed by atoms with Gasteiger partial charge in [0.15, 0.2) is 7.14 Å². The van der Waals surface area contributed by atoms with Crippen LogP contribution in [0.2, 0.25) is 0 Å². The minimum atomic E-state index is -3.11. The first kappa shape index (κ1) is 18.8. The van der Waals surface area contributed by atoms with Gasteiger partial charge in [-0.1, -0.05) is 40.2 Å². The molecule has 0 aliphatic heterocycles. The number of ether oxygens (including phenoxy) is 2. The van der Waals surface area contributed by atoms with E-state index in [1.54, 1.807) is 18.2 Å². The molecular formula is C17H27O4P. The van der Waals surface area contributed by atoms with E-state index in [-0.39, 0.29) is 5.52 Å². The molecule has 0 saturated heterocycles. The number of hydrogen-bond acceptors (Lipinski definition) is 4. The Morgan fingerprint density at radius 2 is 1.64 bits per heavy atom. The minimum Gasteiger partial charge on any atom is -0.496 e. The maximum absolute atomic E-state index is 13.6. The second-order valence-corrected chi connectivity index (χ2v) is 10.0. The summed E-state index contributed by atoms with van der Waals surface area (Å²) in [5.74, 6) is 0.815. The number of rotatable bonds is 7. The van der Waals surface area contributed by atoms with E-state index in [1.165, 1.54) is 14.2 Å². The normalized spacial score (nSPS) is 14.3. The molecule has 0 spiro atoms. The van der Waals surface area contributed by atoms with Crippen LogP contribution in [0.1, 0.15) is 50.9 Å². The van der Waals surface area contributed by atoms with Crippen molar-refractivity contribution in [2.75, 3.05) is 20.4 Å². The van der Waals surface area contributed by atoms with Gasteiger partial charge in [-0.2, -0.15) is 0 Å². The smallest absolute Gasteiger partial charge is 0.229 e. The fourth-order valence-electron chi connectivity index (χ4n) is 2.36. The molecule has 1 aromatic rings. The highest BCUT2D eigenvalue weighted by molar-refractivity contribution is 7.82. The summed E-state index contributed by atoms with van der Waals surface area (Å²) in [5, 5.41) is -0.592. The molecule has 5 heteroatoms. The average Bonchev–Trinajstić information content (AvgIpc) is 2.49. The molecule has 22 heavy (non-hydrogen) atoms. The van der Waals surface area contributed by atoms with Crippen LogP contribution in [0.25, 0.3) is 0 Å². The molecule has 0 bridgehead atoms. The fraction of sp³-hybridized carbons (Fsp3) is 0.588. The lowest BCUT2D eigenvalue weighted by Crippen LogP contribution is -2.24. The third-order valence-electron chi connectivity index (χ3n) is 3.88. The van der Waals surface area contributed by atoms with Gasteiger partial charge in [0.25, 0.3) is 0 Å². The SMILES string of the molecule is CCCCP(=O)(C(=O)c1c(OC)cccc1OC)C(C)(C)C. The number of carbonyl (C=O) groups is 1. The molecule has 0 heterocycles. The Morgan fingerprint density at radius 1 is 1.14 bits per heavy atom. The van der Waals surface area contributed by atoms with Crippen molar-refractivity contribution >= 4 is 12.7 Å². The van der Waals surface area contributed by atoms with Gasteiger partial charge in [-0.05, 0) is 18.6 Å². The van der Waals surface area contributed by atoms with Crippen LogP contribution in [0.3, 0.4) is 0 Å². The number of methoxy groups -OCH3 is 2. The van der Waals surface area contributed by atoms with E-state index in [0.29, 0.717) is 23.2 Å².